The number of hydrogen-bond donors (Lipinski definition) is 2. The van der Waals surface area contributed by atoms with Gasteiger partial charge in [0.2, 0.25) is 5.91 Å². The zero-order chi connectivity index (χ0) is 16.0. The van der Waals surface area contributed by atoms with Crippen LogP contribution >= 0.6 is 0 Å². The summed E-state index contributed by atoms with van der Waals surface area (Å²) in [6.07, 6.45) is 0.343. The van der Waals surface area contributed by atoms with E-state index in [0.29, 0.717) is 17.7 Å². The van der Waals surface area contributed by atoms with Gasteiger partial charge in [0.25, 0.3) is 5.91 Å². The fraction of sp³-hybridized carbons (Fsp3) is 0.400. The highest BCUT2D eigenvalue weighted by Crippen LogP contribution is 2.14. The molecular weight excluding hydrogens is 272 g/mol. The number of aliphatic carboxylic acids is 1. The first-order chi connectivity index (χ1) is 9.85. The second kappa shape index (κ2) is 7.42. The summed E-state index contributed by atoms with van der Waals surface area (Å²) in [6.45, 7) is 4.88. The minimum atomic E-state index is -1.06. The van der Waals surface area contributed by atoms with Crippen LogP contribution < -0.4 is 5.32 Å². The Hall–Kier alpha value is -2.37. The average molecular weight is 292 g/mol. The largest absolute Gasteiger partial charge is 0.480 e. The molecule has 1 rings (SSSR count). The summed E-state index contributed by atoms with van der Waals surface area (Å²) in [6, 6.07) is 6.25. The molecule has 0 bridgehead atoms. The number of benzene rings is 1. The highest BCUT2D eigenvalue weighted by molar-refractivity contribution is 5.98. The highest BCUT2D eigenvalue weighted by atomic mass is 16.4. The molecule has 1 aromatic carbocycles. The van der Waals surface area contributed by atoms with Gasteiger partial charge in [0.05, 0.1) is 0 Å². The maximum atomic E-state index is 12.4. The fourth-order valence-corrected chi connectivity index (χ4v) is 1.78. The fourth-order valence-electron chi connectivity index (χ4n) is 1.78. The van der Waals surface area contributed by atoms with E-state index in [2.05, 4.69) is 5.32 Å². The lowest BCUT2D eigenvalue weighted by atomic mass is 10.1. The van der Waals surface area contributed by atoms with E-state index in [1.165, 1.54) is 4.90 Å². The Morgan fingerprint density at radius 1 is 1.29 bits per heavy atom. The Morgan fingerprint density at radius 3 is 2.48 bits per heavy atom. The molecule has 0 fully saturated rings. The lowest BCUT2D eigenvalue weighted by Gasteiger charge is -2.25. The maximum Gasteiger partial charge on any atom is 0.323 e. The highest BCUT2D eigenvalue weighted by Gasteiger charge is 2.21. The van der Waals surface area contributed by atoms with Crippen LogP contribution in [0.1, 0.15) is 37.6 Å². The summed E-state index contributed by atoms with van der Waals surface area (Å²) in [5.41, 5.74) is 0.866. The molecule has 0 heterocycles. The van der Waals surface area contributed by atoms with Crippen LogP contribution in [-0.4, -0.2) is 40.4 Å². The summed E-state index contributed by atoms with van der Waals surface area (Å²) in [4.78, 5) is 35.9. The predicted octanol–water partition coefficient (Wildman–Crippen LogP) is 1.97. The number of nitrogens with zero attached hydrogens (tertiary/aromatic N) is 1. The second-order valence-electron chi connectivity index (χ2n) is 4.90. The number of carbonyl (C=O) groups excluding carboxylic acids is 2. The standard InChI is InChI=1S/C15H20N2O4/c1-4-13(18)16-12-7-5-6-11(8-12)15(21)17(10(2)3)9-14(19)20/h5-8,10H,4,9H2,1-3H3,(H,16,18)(H,19,20). The van der Waals surface area contributed by atoms with Crippen molar-refractivity contribution in [1.29, 1.82) is 0 Å². The van der Waals surface area contributed by atoms with Crippen molar-refractivity contribution in [2.45, 2.75) is 33.2 Å². The van der Waals surface area contributed by atoms with Gasteiger partial charge >= 0.3 is 5.97 Å². The van der Waals surface area contributed by atoms with E-state index in [1.54, 1.807) is 45.0 Å². The molecule has 6 nitrogen and oxygen atoms in total. The van der Waals surface area contributed by atoms with Gasteiger partial charge in [-0.1, -0.05) is 13.0 Å². The third-order valence-electron chi connectivity index (χ3n) is 2.90. The van der Waals surface area contributed by atoms with Crippen molar-refractivity contribution in [2.75, 3.05) is 11.9 Å². The molecule has 2 N–H and O–H groups in total. The van der Waals surface area contributed by atoms with Crippen LogP contribution in [0.25, 0.3) is 0 Å². The van der Waals surface area contributed by atoms with Gasteiger partial charge in [-0.2, -0.15) is 0 Å². The number of rotatable bonds is 6. The number of amides is 2. The summed E-state index contributed by atoms with van der Waals surface area (Å²) in [7, 11) is 0. The average Bonchev–Trinajstić information content (AvgIpc) is 2.43. The molecule has 2 amide bonds. The summed E-state index contributed by atoms with van der Waals surface area (Å²) in [5.74, 6) is -1.58. The van der Waals surface area contributed by atoms with Crippen LogP contribution in [0.2, 0.25) is 0 Å². The van der Waals surface area contributed by atoms with Crippen molar-refractivity contribution in [3.8, 4) is 0 Å². The Labute approximate surface area is 123 Å². The number of anilines is 1. The normalized spacial score (nSPS) is 10.3. The SMILES string of the molecule is CCC(=O)Nc1cccc(C(=O)N(CC(=O)O)C(C)C)c1. The molecule has 0 aliphatic carbocycles. The molecule has 0 radical (unpaired) electrons. The van der Waals surface area contributed by atoms with E-state index in [0.717, 1.165) is 0 Å². The first kappa shape index (κ1) is 16.7. The lowest BCUT2D eigenvalue weighted by Crippen LogP contribution is -2.40. The van der Waals surface area contributed by atoms with Crippen LogP contribution in [0.5, 0.6) is 0 Å². The molecule has 6 heteroatoms. The van der Waals surface area contributed by atoms with Gasteiger partial charge in [-0.15, -0.1) is 0 Å². The molecule has 1 aromatic rings. The number of carbonyl (C=O) groups is 3. The van der Waals surface area contributed by atoms with Gasteiger partial charge in [0.15, 0.2) is 0 Å². The molecule has 21 heavy (non-hydrogen) atoms. The quantitative estimate of drug-likeness (QED) is 0.839. The lowest BCUT2D eigenvalue weighted by molar-refractivity contribution is -0.138. The monoisotopic (exact) mass is 292 g/mol. The molecule has 0 aromatic heterocycles. The van der Waals surface area contributed by atoms with E-state index in [9.17, 15) is 14.4 Å². The third-order valence-corrected chi connectivity index (χ3v) is 2.90. The summed E-state index contributed by atoms with van der Waals surface area (Å²) >= 11 is 0. The van der Waals surface area contributed by atoms with Gasteiger partial charge in [0, 0.05) is 23.7 Å². The minimum Gasteiger partial charge on any atom is -0.480 e. The van der Waals surface area contributed by atoms with E-state index in [4.69, 9.17) is 5.11 Å². The van der Waals surface area contributed by atoms with E-state index in [-0.39, 0.29) is 24.4 Å². The van der Waals surface area contributed by atoms with Crippen molar-refractivity contribution < 1.29 is 19.5 Å². The zero-order valence-corrected chi connectivity index (χ0v) is 12.4. The van der Waals surface area contributed by atoms with Crippen molar-refractivity contribution in [1.82, 2.24) is 4.90 Å². The maximum absolute atomic E-state index is 12.4. The number of nitrogens with one attached hydrogen (secondary N) is 1. The van der Waals surface area contributed by atoms with Crippen LogP contribution in [0.3, 0.4) is 0 Å². The van der Waals surface area contributed by atoms with Crippen molar-refractivity contribution in [2.24, 2.45) is 0 Å². The number of carboxylic acid groups (broad SMARTS) is 1. The Bertz CT molecular complexity index is 540. The Morgan fingerprint density at radius 2 is 1.95 bits per heavy atom. The second-order valence-corrected chi connectivity index (χ2v) is 4.90. The first-order valence-corrected chi connectivity index (χ1v) is 6.77. The smallest absolute Gasteiger partial charge is 0.323 e. The van der Waals surface area contributed by atoms with Crippen LogP contribution in [0.4, 0.5) is 5.69 Å². The van der Waals surface area contributed by atoms with E-state index >= 15 is 0 Å². The zero-order valence-electron chi connectivity index (χ0n) is 12.4. The van der Waals surface area contributed by atoms with Crippen LogP contribution in [-0.2, 0) is 9.59 Å². The molecular formula is C15H20N2O4. The minimum absolute atomic E-state index is 0.147. The van der Waals surface area contributed by atoms with Gasteiger partial charge in [-0.05, 0) is 32.0 Å². The molecule has 0 atom stereocenters. The molecule has 0 spiro atoms. The summed E-state index contributed by atoms with van der Waals surface area (Å²) in [5, 5.41) is 11.6. The van der Waals surface area contributed by atoms with Crippen LogP contribution in [0, 0.1) is 0 Å². The topological polar surface area (TPSA) is 86.7 Å². The predicted molar refractivity (Wildman–Crippen MR) is 79.2 cm³/mol. The molecule has 0 unspecified atom stereocenters. The number of hydrogen-bond acceptors (Lipinski definition) is 3. The molecule has 0 aliphatic rings. The molecule has 114 valence electrons. The Kier molecular flexibility index (Phi) is 5.90. The van der Waals surface area contributed by atoms with Crippen molar-refractivity contribution in [3.63, 3.8) is 0 Å². The van der Waals surface area contributed by atoms with Gasteiger partial charge in [-0.3, -0.25) is 14.4 Å². The molecule has 0 saturated heterocycles. The third kappa shape index (κ3) is 4.91. The first-order valence-electron chi connectivity index (χ1n) is 6.77. The Balaban J connectivity index is 2.97. The molecule has 0 aliphatic heterocycles. The van der Waals surface area contributed by atoms with Gasteiger partial charge < -0.3 is 15.3 Å². The van der Waals surface area contributed by atoms with Gasteiger partial charge in [-0.25, -0.2) is 0 Å². The molecule has 0 saturated carbocycles. The summed E-state index contributed by atoms with van der Waals surface area (Å²) < 4.78 is 0. The van der Waals surface area contributed by atoms with E-state index < -0.39 is 5.97 Å². The van der Waals surface area contributed by atoms with Gasteiger partial charge in [0.1, 0.15) is 6.54 Å². The van der Waals surface area contributed by atoms with Crippen molar-refractivity contribution in [3.05, 3.63) is 29.8 Å². The number of carboxylic acids is 1. The van der Waals surface area contributed by atoms with Crippen LogP contribution in [0.15, 0.2) is 24.3 Å². The van der Waals surface area contributed by atoms with E-state index in [1.807, 2.05) is 0 Å². The van der Waals surface area contributed by atoms with Crippen molar-refractivity contribution >= 4 is 23.5 Å².